The second kappa shape index (κ2) is 6.45. The Balaban J connectivity index is 1.54. The molecule has 2 N–H and O–H groups in total. The normalized spacial score (nSPS) is 29.9. The summed E-state index contributed by atoms with van der Waals surface area (Å²) in [6, 6.07) is 7.49. The molecule has 2 aliphatic heterocycles. The van der Waals surface area contributed by atoms with E-state index in [9.17, 15) is 0 Å². The fraction of sp³-hybridized carbons (Fsp3) is 0.600. The Morgan fingerprint density at radius 2 is 1.90 bits per heavy atom. The first-order valence-electron chi connectivity index (χ1n) is 7.22. The first kappa shape index (κ1) is 15.0. The van der Waals surface area contributed by atoms with E-state index in [4.69, 9.17) is 28.9 Å². The average molecular weight is 331 g/mol. The Labute approximate surface area is 135 Å². The van der Waals surface area contributed by atoms with Gasteiger partial charge in [-0.3, -0.25) is 4.90 Å². The smallest absolute Gasteiger partial charge is 0.0542 e. The minimum Gasteiger partial charge on any atom is -0.328 e. The molecule has 0 spiro atoms. The van der Waals surface area contributed by atoms with Crippen LogP contribution in [0.2, 0.25) is 10.0 Å². The Bertz CT molecular complexity index is 469. The molecule has 2 bridgehead atoms. The van der Waals surface area contributed by atoms with Crippen molar-refractivity contribution in [2.45, 2.75) is 48.7 Å². The van der Waals surface area contributed by atoms with Crippen LogP contribution in [0.5, 0.6) is 0 Å². The lowest BCUT2D eigenvalue weighted by molar-refractivity contribution is 0.137. The third kappa shape index (κ3) is 3.28. The molecule has 0 aliphatic carbocycles. The summed E-state index contributed by atoms with van der Waals surface area (Å²) in [5, 5.41) is 1.55. The van der Waals surface area contributed by atoms with E-state index in [0.717, 1.165) is 27.2 Å². The third-order valence-electron chi connectivity index (χ3n) is 4.42. The van der Waals surface area contributed by atoms with Gasteiger partial charge in [-0.05, 0) is 43.9 Å². The van der Waals surface area contributed by atoms with Gasteiger partial charge in [0, 0.05) is 40.3 Å². The number of rotatable bonds is 4. The van der Waals surface area contributed by atoms with Crippen molar-refractivity contribution in [2.75, 3.05) is 12.3 Å². The van der Waals surface area contributed by atoms with Crippen molar-refractivity contribution in [3.8, 4) is 0 Å². The van der Waals surface area contributed by atoms with Crippen molar-refractivity contribution >= 4 is 35.0 Å². The highest BCUT2D eigenvalue weighted by atomic mass is 35.5. The van der Waals surface area contributed by atoms with E-state index in [-0.39, 0.29) is 0 Å². The van der Waals surface area contributed by atoms with E-state index < -0.39 is 0 Å². The second-order valence-corrected chi connectivity index (χ2v) is 7.76. The highest BCUT2D eigenvalue weighted by Gasteiger charge is 2.38. The number of nitrogens with two attached hydrogens (primary N) is 1. The molecule has 2 heterocycles. The number of nitrogens with zero attached hydrogens (tertiary/aromatic N) is 1. The van der Waals surface area contributed by atoms with Crippen LogP contribution in [-0.4, -0.2) is 35.3 Å². The first-order chi connectivity index (χ1) is 9.63. The monoisotopic (exact) mass is 330 g/mol. The van der Waals surface area contributed by atoms with Gasteiger partial charge in [-0.1, -0.05) is 23.2 Å². The fourth-order valence-electron chi connectivity index (χ4n) is 3.53. The van der Waals surface area contributed by atoms with Gasteiger partial charge in [0.25, 0.3) is 0 Å². The van der Waals surface area contributed by atoms with Gasteiger partial charge in [0.15, 0.2) is 0 Å². The van der Waals surface area contributed by atoms with Gasteiger partial charge < -0.3 is 5.73 Å². The van der Waals surface area contributed by atoms with Crippen molar-refractivity contribution in [3.63, 3.8) is 0 Å². The van der Waals surface area contributed by atoms with E-state index in [1.54, 1.807) is 11.8 Å². The Kier molecular flexibility index (Phi) is 4.83. The summed E-state index contributed by atoms with van der Waals surface area (Å²) in [7, 11) is 0. The van der Waals surface area contributed by atoms with Crippen LogP contribution in [0.4, 0.5) is 0 Å². The van der Waals surface area contributed by atoms with Crippen LogP contribution in [0.3, 0.4) is 0 Å². The Morgan fingerprint density at radius 1 is 1.20 bits per heavy atom. The summed E-state index contributed by atoms with van der Waals surface area (Å²) >= 11 is 14.0. The van der Waals surface area contributed by atoms with Gasteiger partial charge in [-0.15, -0.1) is 11.8 Å². The predicted octanol–water partition coefficient (Wildman–Crippen LogP) is 4.04. The lowest BCUT2D eigenvalue weighted by Crippen LogP contribution is -2.48. The van der Waals surface area contributed by atoms with Gasteiger partial charge in [-0.2, -0.15) is 0 Å². The maximum absolute atomic E-state index is 6.20. The van der Waals surface area contributed by atoms with Gasteiger partial charge >= 0.3 is 0 Å². The number of fused-ring (bicyclic) bond motifs is 2. The van der Waals surface area contributed by atoms with E-state index >= 15 is 0 Å². The molecular weight excluding hydrogens is 311 g/mol. The SMILES string of the molecule is NC1CC2CCC(C1)N2CCSc1cc(Cl)ccc1Cl. The molecule has 1 aromatic carbocycles. The molecule has 110 valence electrons. The molecule has 2 aliphatic rings. The van der Waals surface area contributed by atoms with E-state index in [2.05, 4.69) is 4.90 Å². The van der Waals surface area contributed by atoms with Crippen LogP contribution in [0, 0.1) is 0 Å². The minimum atomic E-state index is 0.416. The molecule has 3 rings (SSSR count). The molecule has 2 saturated heterocycles. The van der Waals surface area contributed by atoms with Crippen molar-refractivity contribution in [1.82, 2.24) is 4.90 Å². The average Bonchev–Trinajstić information content (AvgIpc) is 2.66. The summed E-state index contributed by atoms with van der Waals surface area (Å²) < 4.78 is 0. The molecule has 0 amide bonds. The number of hydrogen-bond donors (Lipinski definition) is 1. The number of thioether (sulfide) groups is 1. The maximum atomic E-state index is 6.20. The van der Waals surface area contributed by atoms with E-state index in [1.807, 2.05) is 18.2 Å². The van der Waals surface area contributed by atoms with Crippen LogP contribution in [0.1, 0.15) is 25.7 Å². The highest BCUT2D eigenvalue weighted by Crippen LogP contribution is 2.36. The van der Waals surface area contributed by atoms with E-state index in [1.165, 1.54) is 25.7 Å². The van der Waals surface area contributed by atoms with Gasteiger partial charge in [0.1, 0.15) is 0 Å². The second-order valence-electron chi connectivity index (χ2n) is 5.78. The summed E-state index contributed by atoms with van der Waals surface area (Å²) in [6.45, 7) is 1.12. The zero-order chi connectivity index (χ0) is 14.1. The third-order valence-corrected chi connectivity index (χ3v) is 6.13. The molecule has 0 radical (unpaired) electrons. The molecule has 0 aromatic heterocycles. The van der Waals surface area contributed by atoms with Crippen molar-refractivity contribution in [3.05, 3.63) is 28.2 Å². The van der Waals surface area contributed by atoms with Crippen LogP contribution >= 0.6 is 35.0 Å². The lowest BCUT2D eigenvalue weighted by Gasteiger charge is -2.37. The van der Waals surface area contributed by atoms with Crippen molar-refractivity contribution in [2.24, 2.45) is 5.73 Å². The highest BCUT2D eigenvalue weighted by molar-refractivity contribution is 7.99. The van der Waals surface area contributed by atoms with Crippen LogP contribution in [0.25, 0.3) is 0 Å². The zero-order valence-corrected chi connectivity index (χ0v) is 13.7. The summed E-state index contributed by atoms with van der Waals surface area (Å²) in [4.78, 5) is 3.75. The fourth-order valence-corrected chi connectivity index (χ4v) is 4.99. The van der Waals surface area contributed by atoms with Gasteiger partial charge in [0.05, 0.1) is 5.02 Å². The molecule has 20 heavy (non-hydrogen) atoms. The molecule has 2 fully saturated rings. The summed E-state index contributed by atoms with van der Waals surface area (Å²) in [5.74, 6) is 1.06. The van der Waals surface area contributed by atoms with Crippen LogP contribution in [-0.2, 0) is 0 Å². The number of halogens is 2. The van der Waals surface area contributed by atoms with Crippen LogP contribution < -0.4 is 5.73 Å². The van der Waals surface area contributed by atoms with Gasteiger partial charge in [0.2, 0.25) is 0 Å². The minimum absolute atomic E-state index is 0.416. The van der Waals surface area contributed by atoms with Crippen LogP contribution in [0.15, 0.2) is 23.1 Å². The van der Waals surface area contributed by atoms with E-state index in [0.29, 0.717) is 18.1 Å². The molecule has 0 saturated carbocycles. The molecule has 1 aromatic rings. The maximum Gasteiger partial charge on any atom is 0.0542 e. The standard InChI is InChI=1S/C15H20Cl2N2S/c16-10-1-4-14(17)15(7-10)20-6-5-19-12-2-3-13(19)9-11(18)8-12/h1,4,7,11-13H,2-3,5-6,8-9,18H2. The molecule has 2 atom stereocenters. The van der Waals surface area contributed by atoms with Crippen molar-refractivity contribution < 1.29 is 0 Å². The van der Waals surface area contributed by atoms with Gasteiger partial charge in [-0.25, -0.2) is 0 Å². The molecular formula is C15H20Cl2N2S. The molecule has 2 nitrogen and oxygen atoms in total. The predicted molar refractivity (Wildman–Crippen MR) is 87.9 cm³/mol. The molecule has 5 heteroatoms. The summed E-state index contributed by atoms with van der Waals surface area (Å²) in [5.41, 5.74) is 6.11. The van der Waals surface area contributed by atoms with Crippen molar-refractivity contribution in [1.29, 1.82) is 0 Å². The summed E-state index contributed by atoms with van der Waals surface area (Å²) in [6.07, 6.45) is 4.97. The Morgan fingerprint density at radius 3 is 2.60 bits per heavy atom. The quantitative estimate of drug-likeness (QED) is 0.845. The molecule has 2 unspecified atom stereocenters. The lowest BCUT2D eigenvalue weighted by atomic mass is 9.98. The number of benzene rings is 1. The number of hydrogen-bond acceptors (Lipinski definition) is 3. The zero-order valence-electron chi connectivity index (χ0n) is 11.4. The topological polar surface area (TPSA) is 29.3 Å². The Hall–Kier alpha value is 0.0700. The number of piperidine rings is 1. The first-order valence-corrected chi connectivity index (χ1v) is 8.97. The largest absolute Gasteiger partial charge is 0.328 e.